The number of hydrogen-bond donors (Lipinski definition) is 0. The van der Waals surface area contributed by atoms with Crippen molar-refractivity contribution < 1.29 is 22.3 Å². The summed E-state index contributed by atoms with van der Waals surface area (Å²) in [5, 5.41) is 10.9. The highest BCUT2D eigenvalue weighted by Gasteiger charge is 2.23. The summed E-state index contributed by atoms with van der Waals surface area (Å²) in [6.45, 7) is 1.76. The van der Waals surface area contributed by atoms with Crippen LogP contribution < -0.4 is 8.92 Å². The summed E-state index contributed by atoms with van der Waals surface area (Å²) in [6.07, 6.45) is 0.401. The highest BCUT2D eigenvalue weighted by atomic mass is 32.2. The Bertz CT molecular complexity index is 814. The number of ether oxygens (including phenoxy) is 1. The van der Waals surface area contributed by atoms with Crippen LogP contribution in [0.2, 0.25) is 0 Å². The second-order valence-corrected chi connectivity index (χ2v) is 6.13. The van der Waals surface area contributed by atoms with E-state index >= 15 is 0 Å². The smallest absolute Gasteiger partial charge is 0.339 e. The van der Waals surface area contributed by atoms with E-state index in [1.807, 2.05) is 0 Å². The highest BCUT2D eigenvalue weighted by molar-refractivity contribution is 7.87. The Balaban J connectivity index is 2.41. The molecule has 0 radical (unpaired) electrons. The third-order valence-corrected chi connectivity index (χ3v) is 4.51. The van der Waals surface area contributed by atoms with Gasteiger partial charge in [-0.05, 0) is 36.2 Å². The summed E-state index contributed by atoms with van der Waals surface area (Å²) in [7, 11) is -2.69. The molecule has 0 amide bonds. The SMILES string of the molecule is CCc1ccc([N+](=O)[O-])cc1S(=O)(=O)Oc1ccc(OC)cc1. The molecule has 2 aromatic rings. The zero-order chi connectivity index (χ0) is 17.0. The fourth-order valence-corrected chi connectivity index (χ4v) is 3.24. The number of aryl methyl sites for hydroxylation is 1. The lowest BCUT2D eigenvalue weighted by Crippen LogP contribution is -2.12. The van der Waals surface area contributed by atoms with E-state index in [2.05, 4.69) is 0 Å². The van der Waals surface area contributed by atoms with E-state index in [4.69, 9.17) is 8.92 Å². The molecule has 2 rings (SSSR count). The molecule has 0 saturated carbocycles. The Labute approximate surface area is 133 Å². The standard InChI is InChI=1S/C15H15NO6S/c1-3-11-4-5-12(16(17)18)10-15(11)23(19,20)22-14-8-6-13(21-2)7-9-14/h4-10H,3H2,1-2H3. The fraction of sp³-hybridized carbons (Fsp3) is 0.200. The quantitative estimate of drug-likeness (QED) is 0.457. The minimum absolute atomic E-state index is 0.0966. The number of hydrogen-bond acceptors (Lipinski definition) is 6. The number of nitrogens with zero attached hydrogens (tertiary/aromatic N) is 1. The van der Waals surface area contributed by atoms with Crippen LogP contribution in [0.25, 0.3) is 0 Å². The Morgan fingerprint density at radius 3 is 2.22 bits per heavy atom. The van der Waals surface area contributed by atoms with Crippen molar-refractivity contribution in [3.8, 4) is 11.5 Å². The van der Waals surface area contributed by atoms with Crippen LogP contribution >= 0.6 is 0 Å². The molecule has 0 aliphatic rings. The zero-order valence-electron chi connectivity index (χ0n) is 12.6. The second kappa shape index (κ2) is 6.66. The van der Waals surface area contributed by atoms with Crippen LogP contribution in [0.15, 0.2) is 47.4 Å². The number of methoxy groups -OCH3 is 1. The summed E-state index contributed by atoms with van der Waals surface area (Å²) in [5.41, 5.74) is 0.142. The first-order chi connectivity index (χ1) is 10.9. The summed E-state index contributed by atoms with van der Waals surface area (Å²) in [5.74, 6) is 0.652. The number of rotatable bonds is 6. The number of non-ortho nitro benzene ring substituents is 1. The van der Waals surface area contributed by atoms with Gasteiger partial charge in [-0.25, -0.2) is 0 Å². The van der Waals surface area contributed by atoms with Crippen molar-refractivity contribution >= 4 is 15.8 Å². The van der Waals surface area contributed by atoms with Crippen LogP contribution in [0.3, 0.4) is 0 Å². The van der Waals surface area contributed by atoms with Gasteiger partial charge in [-0.2, -0.15) is 8.42 Å². The van der Waals surface area contributed by atoms with E-state index in [0.717, 1.165) is 6.07 Å². The molecule has 0 aliphatic carbocycles. The van der Waals surface area contributed by atoms with Crippen LogP contribution in [0.5, 0.6) is 11.5 Å². The monoisotopic (exact) mass is 337 g/mol. The molecule has 0 N–H and O–H groups in total. The maximum atomic E-state index is 12.4. The van der Waals surface area contributed by atoms with Crippen LogP contribution in [-0.2, 0) is 16.5 Å². The van der Waals surface area contributed by atoms with Crippen LogP contribution in [0, 0.1) is 10.1 Å². The minimum Gasteiger partial charge on any atom is -0.497 e. The minimum atomic E-state index is -4.18. The molecule has 7 nitrogen and oxygen atoms in total. The first kappa shape index (κ1) is 16.8. The van der Waals surface area contributed by atoms with E-state index in [1.54, 1.807) is 19.1 Å². The van der Waals surface area contributed by atoms with E-state index in [-0.39, 0.29) is 16.3 Å². The van der Waals surface area contributed by atoms with Gasteiger partial charge in [0.25, 0.3) is 5.69 Å². The summed E-state index contributed by atoms with van der Waals surface area (Å²) in [6, 6.07) is 9.70. The van der Waals surface area contributed by atoms with Gasteiger partial charge in [0.15, 0.2) is 0 Å². The van der Waals surface area contributed by atoms with Gasteiger partial charge in [0.05, 0.1) is 12.0 Å². The van der Waals surface area contributed by atoms with Gasteiger partial charge in [0.2, 0.25) is 0 Å². The molecule has 0 heterocycles. The van der Waals surface area contributed by atoms with Crippen molar-refractivity contribution in [2.24, 2.45) is 0 Å². The van der Waals surface area contributed by atoms with Crippen molar-refractivity contribution in [1.29, 1.82) is 0 Å². The summed E-state index contributed by atoms with van der Waals surface area (Å²) < 4.78 is 34.9. The van der Waals surface area contributed by atoms with Gasteiger partial charge in [-0.3, -0.25) is 10.1 Å². The second-order valence-electron chi connectivity index (χ2n) is 4.62. The predicted octanol–water partition coefficient (Wildman–Crippen LogP) is 2.93. The van der Waals surface area contributed by atoms with Crippen LogP contribution in [0.4, 0.5) is 5.69 Å². The maximum absolute atomic E-state index is 12.4. The molecule has 0 fully saturated rings. The average Bonchev–Trinajstić information content (AvgIpc) is 2.54. The topological polar surface area (TPSA) is 95.7 Å². The normalized spacial score (nSPS) is 11.0. The van der Waals surface area contributed by atoms with Crippen molar-refractivity contribution in [1.82, 2.24) is 0 Å². The van der Waals surface area contributed by atoms with Gasteiger partial charge in [0, 0.05) is 12.1 Å². The predicted molar refractivity (Wildman–Crippen MR) is 83.3 cm³/mol. The molecule has 0 atom stereocenters. The van der Waals surface area contributed by atoms with Gasteiger partial charge in [0.1, 0.15) is 16.4 Å². The van der Waals surface area contributed by atoms with E-state index in [9.17, 15) is 18.5 Å². The summed E-state index contributed by atoms with van der Waals surface area (Å²) in [4.78, 5) is 10.0. The molecule has 0 aromatic heterocycles. The highest BCUT2D eigenvalue weighted by Crippen LogP contribution is 2.27. The van der Waals surface area contributed by atoms with Crippen LogP contribution in [0.1, 0.15) is 12.5 Å². The number of benzene rings is 2. The largest absolute Gasteiger partial charge is 0.497 e. The molecule has 0 bridgehead atoms. The Hall–Kier alpha value is -2.61. The van der Waals surface area contributed by atoms with Crippen molar-refractivity contribution in [3.63, 3.8) is 0 Å². The molecule has 2 aromatic carbocycles. The van der Waals surface area contributed by atoms with Crippen molar-refractivity contribution in [2.45, 2.75) is 18.2 Å². The third kappa shape index (κ3) is 3.78. The van der Waals surface area contributed by atoms with E-state index < -0.39 is 15.0 Å². The maximum Gasteiger partial charge on any atom is 0.339 e. The lowest BCUT2D eigenvalue weighted by molar-refractivity contribution is -0.385. The lowest BCUT2D eigenvalue weighted by Gasteiger charge is -2.10. The van der Waals surface area contributed by atoms with Crippen molar-refractivity contribution in [2.75, 3.05) is 7.11 Å². The average molecular weight is 337 g/mol. The van der Waals surface area contributed by atoms with Gasteiger partial charge >= 0.3 is 10.1 Å². The first-order valence-corrected chi connectivity index (χ1v) is 8.14. The van der Waals surface area contributed by atoms with Crippen LogP contribution in [-0.4, -0.2) is 20.5 Å². The Kier molecular flexibility index (Phi) is 4.85. The third-order valence-electron chi connectivity index (χ3n) is 3.18. The Morgan fingerprint density at radius 2 is 1.70 bits per heavy atom. The molecule has 23 heavy (non-hydrogen) atoms. The molecular weight excluding hydrogens is 322 g/mol. The number of nitro groups is 1. The lowest BCUT2D eigenvalue weighted by atomic mass is 10.1. The molecule has 0 aliphatic heterocycles. The fourth-order valence-electron chi connectivity index (χ4n) is 1.98. The van der Waals surface area contributed by atoms with E-state index in [1.165, 1.54) is 31.4 Å². The van der Waals surface area contributed by atoms with Gasteiger partial charge < -0.3 is 8.92 Å². The van der Waals surface area contributed by atoms with Crippen molar-refractivity contribution in [3.05, 3.63) is 58.1 Å². The molecular formula is C15H15NO6S. The first-order valence-electron chi connectivity index (χ1n) is 6.73. The molecule has 0 spiro atoms. The molecule has 122 valence electrons. The molecule has 0 unspecified atom stereocenters. The van der Waals surface area contributed by atoms with Gasteiger partial charge in [-0.15, -0.1) is 0 Å². The van der Waals surface area contributed by atoms with Gasteiger partial charge in [-0.1, -0.05) is 13.0 Å². The van der Waals surface area contributed by atoms with E-state index in [0.29, 0.717) is 17.7 Å². The Morgan fingerprint density at radius 1 is 1.09 bits per heavy atom. The zero-order valence-corrected chi connectivity index (χ0v) is 13.4. The number of nitro benzene ring substituents is 1. The molecule has 8 heteroatoms. The summed E-state index contributed by atoms with van der Waals surface area (Å²) >= 11 is 0. The molecule has 0 saturated heterocycles.